The van der Waals surface area contributed by atoms with E-state index in [4.69, 9.17) is 9.84 Å². The number of carboxylic acids is 1. The van der Waals surface area contributed by atoms with Gasteiger partial charge in [0.25, 0.3) is 0 Å². The lowest BCUT2D eigenvalue weighted by atomic mass is 10.2. The maximum Gasteiger partial charge on any atom is 0.336 e. The van der Waals surface area contributed by atoms with E-state index in [1.165, 1.54) is 6.07 Å². The van der Waals surface area contributed by atoms with Crippen LogP contribution in [0.1, 0.15) is 15.9 Å². The Morgan fingerprint density at radius 1 is 1.19 bits per heavy atom. The average Bonchev–Trinajstić information content (AvgIpc) is 2.48. The van der Waals surface area contributed by atoms with Crippen molar-refractivity contribution in [2.24, 2.45) is 0 Å². The van der Waals surface area contributed by atoms with Crippen molar-refractivity contribution in [1.29, 1.82) is 0 Å². The lowest BCUT2D eigenvalue weighted by Crippen LogP contribution is -2.05. The Balaban J connectivity index is 1.97. The summed E-state index contributed by atoms with van der Waals surface area (Å²) in [6.07, 6.45) is 0. The summed E-state index contributed by atoms with van der Waals surface area (Å²) in [5, 5.41) is 9.04. The van der Waals surface area contributed by atoms with Crippen LogP contribution in [0.25, 0.3) is 0 Å². The van der Waals surface area contributed by atoms with Crippen LogP contribution in [-0.4, -0.2) is 21.2 Å². The normalized spacial score (nSPS) is 12.0. The molecule has 1 N–H and O–H groups in total. The van der Waals surface area contributed by atoms with Crippen molar-refractivity contribution in [3.63, 3.8) is 0 Å². The third kappa shape index (κ3) is 4.49. The van der Waals surface area contributed by atoms with Gasteiger partial charge in [0.05, 0.1) is 23.0 Å². The maximum atomic E-state index is 12.1. The molecular formula is C15H13BrO4S. The van der Waals surface area contributed by atoms with Crippen molar-refractivity contribution >= 4 is 32.7 Å². The molecule has 0 saturated carbocycles. The van der Waals surface area contributed by atoms with Gasteiger partial charge in [0.15, 0.2) is 0 Å². The van der Waals surface area contributed by atoms with Gasteiger partial charge < -0.3 is 9.84 Å². The summed E-state index contributed by atoms with van der Waals surface area (Å²) in [4.78, 5) is 11.5. The second-order valence-electron chi connectivity index (χ2n) is 4.24. The summed E-state index contributed by atoms with van der Waals surface area (Å²) >= 11 is 3.15. The van der Waals surface area contributed by atoms with Crippen LogP contribution in [0.5, 0.6) is 0 Å². The number of hydrogen-bond donors (Lipinski definition) is 1. The molecule has 6 heteroatoms. The second kappa shape index (κ2) is 7.49. The Morgan fingerprint density at radius 2 is 1.90 bits per heavy atom. The highest BCUT2D eigenvalue weighted by Crippen LogP contribution is 2.20. The predicted molar refractivity (Wildman–Crippen MR) is 83.6 cm³/mol. The van der Waals surface area contributed by atoms with Gasteiger partial charge in [-0.1, -0.05) is 30.3 Å². The molecule has 0 aliphatic heterocycles. The average molecular weight is 369 g/mol. The largest absolute Gasteiger partial charge is 0.478 e. The fourth-order valence-corrected chi connectivity index (χ4v) is 2.94. The van der Waals surface area contributed by atoms with E-state index in [1.54, 1.807) is 12.1 Å². The molecule has 0 heterocycles. The van der Waals surface area contributed by atoms with Gasteiger partial charge in [0.2, 0.25) is 0 Å². The molecule has 0 saturated heterocycles. The Kier molecular flexibility index (Phi) is 5.67. The van der Waals surface area contributed by atoms with Gasteiger partial charge >= 0.3 is 5.97 Å². The monoisotopic (exact) mass is 368 g/mol. The van der Waals surface area contributed by atoms with Crippen molar-refractivity contribution in [3.8, 4) is 0 Å². The number of carboxylic acid groups (broad SMARTS) is 1. The molecule has 0 fully saturated rings. The lowest BCUT2D eigenvalue weighted by molar-refractivity contribution is 0.0695. The maximum absolute atomic E-state index is 12.1. The first-order valence-electron chi connectivity index (χ1n) is 6.11. The van der Waals surface area contributed by atoms with E-state index in [0.29, 0.717) is 16.0 Å². The smallest absolute Gasteiger partial charge is 0.336 e. The van der Waals surface area contributed by atoms with Crippen LogP contribution in [0, 0.1) is 0 Å². The molecule has 2 aromatic rings. The molecule has 1 atom stereocenters. The highest BCUT2D eigenvalue weighted by molar-refractivity contribution is 9.10. The third-order valence-electron chi connectivity index (χ3n) is 2.73. The van der Waals surface area contributed by atoms with Crippen LogP contribution in [0.15, 0.2) is 57.9 Å². The zero-order valence-corrected chi connectivity index (χ0v) is 13.4. The van der Waals surface area contributed by atoms with Gasteiger partial charge in [-0.2, -0.15) is 0 Å². The number of ether oxygens (including phenoxy) is 1. The Morgan fingerprint density at radius 3 is 2.57 bits per heavy atom. The molecule has 0 aromatic heterocycles. The minimum absolute atomic E-state index is 0.0234. The fourth-order valence-electron chi connectivity index (χ4n) is 1.69. The van der Waals surface area contributed by atoms with Gasteiger partial charge in [-0.05, 0) is 39.7 Å². The van der Waals surface area contributed by atoms with Crippen LogP contribution < -0.4 is 0 Å². The van der Waals surface area contributed by atoms with Crippen molar-refractivity contribution in [2.75, 3.05) is 5.94 Å². The quantitative estimate of drug-likeness (QED) is 0.848. The summed E-state index contributed by atoms with van der Waals surface area (Å²) in [7, 11) is -1.40. The molecule has 1 unspecified atom stereocenters. The minimum Gasteiger partial charge on any atom is -0.478 e. The number of hydrogen-bond acceptors (Lipinski definition) is 3. The fraction of sp³-hybridized carbons (Fsp3) is 0.133. The Bertz CT molecular complexity index is 658. The summed E-state index contributed by atoms with van der Waals surface area (Å²) < 4.78 is 18.0. The highest BCUT2D eigenvalue weighted by Gasteiger charge is 2.12. The Labute approximate surface area is 133 Å². The van der Waals surface area contributed by atoms with Crippen molar-refractivity contribution in [2.45, 2.75) is 11.5 Å². The molecule has 4 nitrogen and oxygen atoms in total. The standard InChI is InChI=1S/C15H13BrO4S/c16-14-7-6-12(8-13(14)15(17)18)21(19)10-20-9-11-4-2-1-3-5-11/h1-8H,9-10H2,(H,17,18). The van der Waals surface area contributed by atoms with Gasteiger partial charge in [-0.3, -0.25) is 4.21 Å². The number of benzene rings is 2. The SMILES string of the molecule is O=C(O)c1cc(S(=O)COCc2ccccc2)ccc1Br. The van der Waals surface area contributed by atoms with Crippen LogP contribution in [-0.2, 0) is 22.1 Å². The van der Waals surface area contributed by atoms with Crippen LogP contribution in [0.2, 0.25) is 0 Å². The first-order chi connectivity index (χ1) is 10.1. The number of carbonyl (C=O) groups is 1. The lowest BCUT2D eigenvalue weighted by Gasteiger charge is -2.06. The molecule has 0 spiro atoms. The molecule has 0 aliphatic rings. The van der Waals surface area contributed by atoms with E-state index in [0.717, 1.165) is 5.56 Å². The van der Waals surface area contributed by atoms with Gasteiger partial charge in [-0.25, -0.2) is 4.79 Å². The topological polar surface area (TPSA) is 63.6 Å². The van der Waals surface area contributed by atoms with Gasteiger partial charge in [0.1, 0.15) is 5.94 Å². The zero-order chi connectivity index (χ0) is 15.2. The number of aromatic carboxylic acids is 1. The minimum atomic E-state index is -1.40. The van der Waals surface area contributed by atoms with E-state index in [-0.39, 0.29) is 11.5 Å². The highest BCUT2D eigenvalue weighted by atomic mass is 79.9. The Hall–Kier alpha value is -1.50. The van der Waals surface area contributed by atoms with E-state index in [9.17, 15) is 9.00 Å². The van der Waals surface area contributed by atoms with Crippen molar-refractivity contribution in [1.82, 2.24) is 0 Å². The number of halogens is 1. The predicted octanol–water partition coefficient (Wildman–Crippen LogP) is 3.43. The summed E-state index contributed by atoms with van der Waals surface area (Å²) in [5.74, 6) is -1.04. The van der Waals surface area contributed by atoms with E-state index in [1.807, 2.05) is 30.3 Å². The summed E-state index contributed by atoms with van der Waals surface area (Å²) in [6.45, 7) is 0.370. The van der Waals surface area contributed by atoms with Crippen molar-refractivity contribution < 1.29 is 18.8 Å². The van der Waals surface area contributed by atoms with E-state index in [2.05, 4.69) is 15.9 Å². The first kappa shape index (κ1) is 15.9. The molecule has 0 aliphatic carbocycles. The third-order valence-corrected chi connectivity index (χ3v) is 4.59. The molecule has 0 amide bonds. The molecule has 110 valence electrons. The summed E-state index contributed by atoms with van der Waals surface area (Å²) in [5.41, 5.74) is 1.08. The molecule has 0 bridgehead atoms. The van der Waals surface area contributed by atoms with Crippen LogP contribution in [0.3, 0.4) is 0 Å². The zero-order valence-electron chi connectivity index (χ0n) is 11.0. The molecule has 2 aromatic carbocycles. The van der Waals surface area contributed by atoms with Crippen LogP contribution >= 0.6 is 15.9 Å². The van der Waals surface area contributed by atoms with Crippen molar-refractivity contribution in [3.05, 3.63) is 64.1 Å². The molecule has 0 radical (unpaired) electrons. The molecule has 21 heavy (non-hydrogen) atoms. The summed E-state index contributed by atoms with van der Waals surface area (Å²) in [6, 6.07) is 14.2. The van der Waals surface area contributed by atoms with Gasteiger partial charge in [0, 0.05) is 9.37 Å². The molecule has 2 rings (SSSR count). The second-order valence-corrected chi connectivity index (χ2v) is 6.50. The van der Waals surface area contributed by atoms with E-state index >= 15 is 0 Å². The first-order valence-corrected chi connectivity index (χ1v) is 8.22. The molecular weight excluding hydrogens is 356 g/mol. The van der Waals surface area contributed by atoms with Crippen LogP contribution in [0.4, 0.5) is 0 Å². The van der Waals surface area contributed by atoms with E-state index < -0.39 is 16.8 Å². The van der Waals surface area contributed by atoms with Gasteiger partial charge in [-0.15, -0.1) is 0 Å². The number of rotatable bonds is 6.